The summed E-state index contributed by atoms with van der Waals surface area (Å²) in [5, 5.41) is 9.52. The molecule has 0 unspecified atom stereocenters. The summed E-state index contributed by atoms with van der Waals surface area (Å²) in [6.45, 7) is 4.06. The SMILES string of the molecule is CCOC(=O)c1sc(N)c(C#N)c1COC(=O)c1cc(S(=O)(=O)N2CCOCC2)ccc1C. The first kappa shape index (κ1) is 24.7. The van der Waals surface area contributed by atoms with Crippen LogP contribution in [0.1, 0.15) is 43.6 Å². The Kier molecular flexibility index (Phi) is 7.70. The van der Waals surface area contributed by atoms with Gasteiger partial charge in [-0.25, -0.2) is 18.0 Å². The number of hydrogen-bond acceptors (Lipinski definition) is 10. The molecule has 3 rings (SSSR count). The van der Waals surface area contributed by atoms with E-state index in [-0.39, 0.29) is 51.2 Å². The summed E-state index contributed by atoms with van der Waals surface area (Å²) in [5.41, 5.74) is 6.60. The van der Waals surface area contributed by atoms with Crippen LogP contribution in [0, 0.1) is 18.3 Å². The smallest absolute Gasteiger partial charge is 0.348 e. The van der Waals surface area contributed by atoms with Crippen molar-refractivity contribution >= 4 is 38.3 Å². The van der Waals surface area contributed by atoms with Gasteiger partial charge in [-0.15, -0.1) is 11.3 Å². The first-order chi connectivity index (χ1) is 15.7. The molecule has 2 N–H and O–H groups in total. The highest BCUT2D eigenvalue weighted by Gasteiger charge is 2.28. The molecule has 176 valence electrons. The summed E-state index contributed by atoms with van der Waals surface area (Å²) in [6.07, 6.45) is 0. The lowest BCUT2D eigenvalue weighted by Gasteiger charge is -2.26. The van der Waals surface area contributed by atoms with Gasteiger partial charge in [-0.3, -0.25) is 0 Å². The van der Waals surface area contributed by atoms with E-state index >= 15 is 0 Å². The zero-order valence-corrected chi connectivity index (χ0v) is 19.8. The Morgan fingerprint density at radius 3 is 2.58 bits per heavy atom. The predicted octanol–water partition coefficient (Wildman–Crippen LogP) is 2.06. The topological polar surface area (TPSA) is 149 Å². The third kappa shape index (κ3) is 5.17. The second-order valence-electron chi connectivity index (χ2n) is 7.05. The third-order valence-corrected chi connectivity index (χ3v) is 7.93. The van der Waals surface area contributed by atoms with Crippen molar-refractivity contribution in [1.82, 2.24) is 4.31 Å². The molecule has 1 aliphatic heterocycles. The molecular formula is C21H23N3O7S2. The number of carbonyl (C=O) groups excluding carboxylic acids is 2. The van der Waals surface area contributed by atoms with E-state index in [1.807, 2.05) is 6.07 Å². The number of hydrogen-bond donors (Lipinski definition) is 1. The highest BCUT2D eigenvalue weighted by molar-refractivity contribution is 7.89. The number of nitrogen functional groups attached to an aromatic ring is 1. The number of nitrogens with two attached hydrogens (primary N) is 1. The highest BCUT2D eigenvalue weighted by Crippen LogP contribution is 2.32. The second kappa shape index (κ2) is 10.3. The Morgan fingerprint density at radius 2 is 1.94 bits per heavy atom. The van der Waals surface area contributed by atoms with Crippen molar-refractivity contribution in [1.29, 1.82) is 5.26 Å². The fourth-order valence-corrected chi connectivity index (χ4v) is 5.59. The number of sulfonamides is 1. The van der Waals surface area contributed by atoms with Crippen LogP contribution in [0.5, 0.6) is 0 Å². The average Bonchev–Trinajstić information content (AvgIpc) is 3.13. The molecule has 12 heteroatoms. The summed E-state index contributed by atoms with van der Waals surface area (Å²) in [4.78, 5) is 25.1. The quantitative estimate of drug-likeness (QED) is 0.572. The van der Waals surface area contributed by atoms with Gasteiger partial charge in [0.25, 0.3) is 0 Å². The fourth-order valence-electron chi connectivity index (χ4n) is 3.24. The summed E-state index contributed by atoms with van der Waals surface area (Å²) in [6, 6.07) is 6.14. The first-order valence-electron chi connectivity index (χ1n) is 10.0. The van der Waals surface area contributed by atoms with Gasteiger partial charge < -0.3 is 19.9 Å². The maximum atomic E-state index is 12.9. The molecule has 33 heavy (non-hydrogen) atoms. The van der Waals surface area contributed by atoms with Crippen molar-refractivity contribution in [2.45, 2.75) is 25.3 Å². The van der Waals surface area contributed by atoms with E-state index in [1.165, 1.54) is 22.5 Å². The number of ether oxygens (including phenoxy) is 3. The Labute approximate surface area is 195 Å². The minimum absolute atomic E-state index is 0.0355. The lowest BCUT2D eigenvalue weighted by molar-refractivity contribution is 0.0451. The van der Waals surface area contributed by atoms with Gasteiger partial charge in [0.15, 0.2) is 0 Å². The molecule has 2 aromatic rings. The van der Waals surface area contributed by atoms with Crippen LogP contribution >= 0.6 is 11.3 Å². The molecule has 0 radical (unpaired) electrons. The summed E-state index contributed by atoms with van der Waals surface area (Å²) in [7, 11) is -3.81. The molecule has 2 heterocycles. The van der Waals surface area contributed by atoms with Crippen LogP contribution in [0.3, 0.4) is 0 Å². The van der Waals surface area contributed by atoms with Crippen molar-refractivity contribution in [2.24, 2.45) is 0 Å². The lowest BCUT2D eigenvalue weighted by Crippen LogP contribution is -2.40. The number of benzene rings is 1. The highest BCUT2D eigenvalue weighted by atomic mass is 32.2. The maximum absolute atomic E-state index is 12.9. The van der Waals surface area contributed by atoms with Crippen molar-refractivity contribution in [3.63, 3.8) is 0 Å². The third-order valence-electron chi connectivity index (χ3n) is 4.99. The number of thiophene rings is 1. The van der Waals surface area contributed by atoms with E-state index in [0.717, 1.165) is 11.3 Å². The molecule has 0 spiro atoms. The summed E-state index contributed by atoms with van der Waals surface area (Å²) >= 11 is 0.880. The Hall–Kier alpha value is -2.98. The Balaban J connectivity index is 1.85. The van der Waals surface area contributed by atoms with Crippen LogP contribution in [0.15, 0.2) is 23.1 Å². The number of nitriles is 1. The molecule has 0 atom stereocenters. The molecule has 1 fully saturated rings. The van der Waals surface area contributed by atoms with Gasteiger partial charge in [-0.2, -0.15) is 9.57 Å². The van der Waals surface area contributed by atoms with Gasteiger partial charge in [0.2, 0.25) is 10.0 Å². The maximum Gasteiger partial charge on any atom is 0.348 e. The molecule has 1 aliphatic rings. The Bertz CT molecular complexity index is 1210. The van der Waals surface area contributed by atoms with E-state index < -0.39 is 28.6 Å². The van der Waals surface area contributed by atoms with Crippen molar-refractivity contribution in [2.75, 3.05) is 38.6 Å². The lowest BCUT2D eigenvalue weighted by atomic mass is 10.1. The van der Waals surface area contributed by atoms with E-state index in [9.17, 15) is 23.3 Å². The van der Waals surface area contributed by atoms with Gasteiger partial charge in [0.05, 0.1) is 35.8 Å². The molecule has 0 aliphatic carbocycles. The van der Waals surface area contributed by atoms with Crippen LogP contribution in [0.2, 0.25) is 0 Å². The summed E-state index contributed by atoms with van der Waals surface area (Å²) in [5.74, 6) is -1.47. The normalized spacial score (nSPS) is 14.5. The molecule has 0 saturated carbocycles. The van der Waals surface area contributed by atoms with E-state index in [0.29, 0.717) is 18.8 Å². The predicted molar refractivity (Wildman–Crippen MR) is 119 cm³/mol. The number of morpholine rings is 1. The van der Waals surface area contributed by atoms with Crippen LogP contribution in [-0.2, 0) is 30.8 Å². The largest absolute Gasteiger partial charge is 0.462 e. The van der Waals surface area contributed by atoms with Crippen molar-refractivity contribution in [3.8, 4) is 6.07 Å². The number of carbonyl (C=O) groups is 2. The van der Waals surface area contributed by atoms with Gasteiger partial charge in [-0.1, -0.05) is 6.07 Å². The second-order valence-corrected chi connectivity index (χ2v) is 10.0. The van der Waals surface area contributed by atoms with E-state index in [1.54, 1.807) is 13.8 Å². The van der Waals surface area contributed by atoms with Crippen LogP contribution < -0.4 is 5.73 Å². The Morgan fingerprint density at radius 1 is 1.24 bits per heavy atom. The number of rotatable bonds is 7. The van der Waals surface area contributed by atoms with Gasteiger partial charge >= 0.3 is 11.9 Å². The minimum atomic E-state index is -3.81. The molecule has 1 aromatic heterocycles. The van der Waals surface area contributed by atoms with Gasteiger partial charge in [-0.05, 0) is 31.5 Å². The van der Waals surface area contributed by atoms with Crippen LogP contribution in [0.4, 0.5) is 5.00 Å². The van der Waals surface area contributed by atoms with E-state index in [4.69, 9.17) is 19.9 Å². The minimum Gasteiger partial charge on any atom is -0.462 e. The fraction of sp³-hybridized carbons (Fsp3) is 0.381. The molecule has 1 saturated heterocycles. The monoisotopic (exact) mass is 493 g/mol. The average molecular weight is 494 g/mol. The van der Waals surface area contributed by atoms with Crippen LogP contribution in [0.25, 0.3) is 0 Å². The van der Waals surface area contributed by atoms with Crippen molar-refractivity contribution in [3.05, 3.63) is 45.3 Å². The standard InChI is InChI=1S/C21H23N3O7S2/c1-3-30-21(26)18-17(16(11-22)19(23)32-18)12-31-20(25)15-10-14(5-4-13(15)2)33(27,28)24-6-8-29-9-7-24/h4-5,10H,3,6-9,12,23H2,1-2H3. The van der Waals surface area contributed by atoms with Gasteiger partial charge in [0.1, 0.15) is 22.6 Å². The number of esters is 2. The molecular weight excluding hydrogens is 470 g/mol. The first-order valence-corrected chi connectivity index (χ1v) is 12.3. The van der Waals surface area contributed by atoms with Gasteiger partial charge in [0, 0.05) is 18.7 Å². The van der Waals surface area contributed by atoms with E-state index in [2.05, 4.69) is 0 Å². The molecule has 0 amide bonds. The number of anilines is 1. The van der Waals surface area contributed by atoms with Crippen molar-refractivity contribution < 1.29 is 32.2 Å². The number of aryl methyl sites for hydroxylation is 1. The number of nitrogens with zero attached hydrogens (tertiary/aromatic N) is 2. The zero-order chi connectivity index (χ0) is 24.2. The zero-order valence-electron chi connectivity index (χ0n) is 18.1. The summed E-state index contributed by atoms with van der Waals surface area (Å²) < 4.78 is 42.7. The van der Waals surface area contributed by atoms with Crippen LogP contribution in [-0.4, -0.2) is 57.6 Å². The molecule has 10 nitrogen and oxygen atoms in total. The molecule has 1 aromatic carbocycles. The molecule has 0 bridgehead atoms.